The molecule has 0 amide bonds. The SMILES string of the molecule is COc1ccc(Br)cc1[C@@H](CC1CC1)N1CCNCC1.Cl.Cl. The lowest BCUT2D eigenvalue weighted by Gasteiger charge is -2.36. The van der Waals surface area contributed by atoms with Gasteiger partial charge in [-0.05, 0) is 30.5 Å². The summed E-state index contributed by atoms with van der Waals surface area (Å²) in [6.45, 7) is 4.45. The van der Waals surface area contributed by atoms with Gasteiger partial charge in [-0.25, -0.2) is 0 Å². The van der Waals surface area contributed by atoms with Crippen LogP contribution < -0.4 is 10.1 Å². The predicted molar refractivity (Wildman–Crippen MR) is 99.7 cm³/mol. The molecule has 1 heterocycles. The Morgan fingerprint density at radius 3 is 2.55 bits per heavy atom. The molecule has 1 aliphatic carbocycles. The average Bonchev–Trinajstić information content (AvgIpc) is 3.30. The first kappa shape index (κ1) is 20.0. The van der Waals surface area contributed by atoms with Crippen LogP contribution in [0.1, 0.15) is 30.9 Å². The lowest BCUT2D eigenvalue weighted by atomic mass is 9.97. The molecule has 1 atom stereocenters. The van der Waals surface area contributed by atoms with Crippen molar-refractivity contribution in [1.82, 2.24) is 10.2 Å². The summed E-state index contributed by atoms with van der Waals surface area (Å²) in [5.41, 5.74) is 1.34. The molecule has 0 bridgehead atoms. The van der Waals surface area contributed by atoms with Gasteiger partial charge in [-0.2, -0.15) is 0 Å². The van der Waals surface area contributed by atoms with Crippen molar-refractivity contribution in [3.8, 4) is 5.75 Å². The Morgan fingerprint density at radius 2 is 1.95 bits per heavy atom. The first-order valence-corrected chi connectivity index (χ1v) is 8.35. The van der Waals surface area contributed by atoms with Crippen molar-refractivity contribution in [2.45, 2.75) is 25.3 Å². The number of hydrogen-bond donors (Lipinski definition) is 1. The van der Waals surface area contributed by atoms with Gasteiger partial charge in [-0.1, -0.05) is 28.8 Å². The van der Waals surface area contributed by atoms with Crippen LogP contribution in [0.25, 0.3) is 0 Å². The highest BCUT2D eigenvalue weighted by atomic mass is 79.9. The Hall–Kier alpha value is -0.000000000000000222. The number of nitrogens with zero attached hydrogens (tertiary/aromatic N) is 1. The van der Waals surface area contributed by atoms with Crippen molar-refractivity contribution in [3.63, 3.8) is 0 Å². The van der Waals surface area contributed by atoms with Crippen LogP contribution in [-0.4, -0.2) is 38.2 Å². The lowest BCUT2D eigenvalue weighted by molar-refractivity contribution is 0.158. The summed E-state index contributed by atoms with van der Waals surface area (Å²) in [5.74, 6) is 1.94. The number of rotatable bonds is 5. The molecule has 0 radical (unpaired) electrons. The van der Waals surface area contributed by atoms with Gasteiger partial charge < -0.3 is 10.1 Å². The summed E-state index contributed by atoms with van der Waals surface area (Å²) in [5, 5.41) is 3.45. The van der Waals surface area contributed by atoms with Gasteiger partial charge in [-0.15, -0.1) is 24.8 Å². The summed E-state index contributed by atoms with van der Waals surface area (Å²) in [7, 11) is 1.78. The third-order valence-electron chi connectivity index (χ3n) is 4.40. The van der Waals surface area contributed by atoms with Crippen LogP contribution in [0, 0.1) is 5.92 Å². The molecule has 1 aromatic rings. The molecule has 3 nitrogen and oxygen atoms in total. The normalized spacial score (nSPS) is 19.7. The smallest absolute Gasteiger partial charge is 0.123 e. The molecule has 3 rings (SSSR count). The standard InChI is InChI=1S/C16H23BrN2O.2ClH/c1-20-16-5-4-13(17)11-14(16)15(10-12-2-3-12)19-8-6-18-7-9-19;;/h4-5,11-12,15,18H,2-3,6-10H2,1H3;2*1H/t15-;;/m1../s1. The van der Waals surface area contributed by atoms with Gasteiger partial charge in [0.25, 0.3) is 0 Å². The molecule has 1 N–H and O–H groups in total. The summed E-state index contributed by atoms with van der Waals surface area (Å²) in [6, 6.07) is 6.89. The number of benzene rings is 1. The number of halogens is 3. The second-order valence-corrected chi connectivity index (χ2v) is 6.78. The molecule has 6 heteroatoms. The molecule has 1 saturated carbocycles. The fourth-order valence-electron chi connectivity index (χ4n) is 3.10. The van der Waals surface area contributed by atoms with E-state index in [0.29, 0.717) is 6.04 Å². The molecule has 22 heavy (non-hydrogen) atoms. The summed E-state index contributed by atoms with van der Waals surface area (Å²) in [6.07, 6.45) is 4.07. The molecule has 0 unspecified atom stereocenters. The molecule has 2 fully saturated rings. The van der Waals surface area contributed by atoms with E-state index < -0.39 is 0 Å². The minimum absolute atomic E-state index is 0. The van der Waals surface area contributed by atoms with E-state index in [0.717, 1.165) is 42.3 Å². The quantitative estimate of drug-likeness (QED) is 0.790. The number of nitrogens with one attached hydrogen (secondary N) is 1. The van der Waals surface area contributed by atoms with Crippen molar-refractivity contribution >= 4 is 40.7 Å². The van der Waals surface area contributed by atoms with Crippen molar-refractivity contribution in [2.24, 2.45) is 5.92 Å². The molecule has 1 aliphatic heterocycles. The second-order valence-electron chi connectivity index (χ2n) is 5.87. The van der Waals surface area contributed by atoms with Gasteiger partial charge in [0.1, 0.15) is 5.75 Å². The Morgan fingerprint density at radius 1 is 1.27 bits per heavy atom. The minimum atomic E-state index is 0. The van der Waals surface area contributed by atoms with Gasteiger partial charge in [0, 0.05) is 42.3 Å². The number of methoxy groups -OCH3 is 1. The maximum atomic E-state index is 5.61. The zero-order valence-corrected chi connectivity index (χ0v) is 16.1. The third kappa shape index (κ3) is 5.00. The maximum absolute atomic E-state index is 5.61. The number of ether oxygens (including phenoxy) is 1. The number of hydrogen-bond acceptors (Lipinski definition) is 3. The predicted octanol–water partition coefficient (Wildman–Crippen LogP) is 4.05. The molecule has 2 aliphatic rings. The van der Waals surface area contributed by atoms with E-state index in [-0.39, 0.29) is 24.8 Å². The van der Waals surface area contributed by atoms with E-state index in [9.17, 15) is 0 Å². The van der Waals surface area contributed by atoms with Crippen LogP contribution in [0.4, 0.5) is 0 Å². The van der Waals surface area contributed by atoms with E-state index >= 15 is 0 Å². The highest BCUT2D eigenvalue weighted by molar-refractivity contribution is 9.10. The van der Waals surface area contributed by atoms with Crippen LogP contribution in [0.5, 0.6) is 5.75 Å². The third-order valence-corrected chi connectivity index (χ3v) is 4.89. The minimum Gasteiger partial charge on any atom is -0.496 e. The molecule has 1 saturated heterocycles. The lowest BCUT2D eigenvalue weighted by Crippen LogP contribution is -2.45. The Kier molecular flexibility index (Phi) is 8.50. The molecule has 0 spiro atoms. The zero-order valence-electron chi connectivity index (χ0n) is 12.9. The fourth-order valence-corrected chi connectivity index (χ4v) is 3.48. The van der Waals surface area contributed by atoms with E-state index in [4.69, 9.17) is 4.74 Å². The van der Waals surface area contributed by atoms with E-state index in [1.807, 2.05) is 0 Å². The molecule has 126 valence electrons. The topological polar surface area (TPSA) is 24.5 Å². The molecule has 0 aromatic heterocycles. The van der Waals surface area contributed by atoms with Gasteiger partial charge in [0.15, 0.2) is 0 Å². The zero-order chi connectivity index (χ0) is 13.9. The van der Waals surface area contributed by atoms with Crippen LogP contribution in [0.2, 0.25) is 0 Å². The van der Waals surface area contributed by atoms with E-state index in [2.05, 4.69) is 44.3 Å². The van der Waals surface area contributed by atoms with Gasteiger partial charge in [0.05, 0.1) is 7.11 Å². The van der Waals surface area contributed by atoms with Crippen molar-refractivity contribution < 1.29 is 4.74 Å². The first-order valence-electron chi connectivity index (χ1n) is 7.56. The molecular weight excluding hydrogens is 387 g/mol. The maximum Gasteiger partial charge on any atom is 0.123 e. The van der Waals surface area contributed by atoms with Crippen molar-refractivity contribution in [3.05, 3.63) is 28.2 Å². The Bertz CT molecular complexity index is 465. The van der Waals surface area contributed by atoms with Crippen LogP contribution in [0.15, 0.2) is 22.7 Å². The van der Waals surface area contributed by atoms with Gasteiger partial charge in [0.2, 0.25) is 0 Å². The Labute approximate surface area is 154 Å². The van der Waals surface area contributed by atoms with Crippen LogP contribution in [-0.2, 0) is 0 Å². The van der Waals surface area contributed by atoms with Crippen molar-refractivity contribution in [1.29, 1.82) is 0 Å². The second kappa shape index (κ2) is 9.33. The summed E-state index contributed by atoms with van der Waals surface area (Å²) < 4.78 is 6.75. The number of piperazine rings is 1. The highest BCUT2D eigenvalue weighted by Crippen LogP contribution is 2.43. The van der Waals surface area contributed by atoms with Crippen molar-refractivity contribution in [2.75, 3.05) is 33.3 Å². The monoisotopic (exact) mass is 410 g/mol. The Balaban J connectivity index is 0.00000121. The van der Waals surface area contributed by atoms with Crippen LogP contribution >= 0.6 is 40.7 Å². The van der Waals surface area contributed by atoms with E-state index in [1.165, 1.54) is 24.8 Å². The summed E-state index contributed by atoms with van der Waals surface area (Å²) in [4.78, 5) is 2.62. The fraction of sp³-hybridized carbons (Fsp3) is 0.625. The van der Waals surface area contributed by atoms with Crippen LogP contribution in [0.3, 0.4) is 0 Å². The molecule has 1 aromatic carbocycles. The van der Waals surface area contributed by atoms with E-state index in [1.54, 1.807) is 7.11 Å². The summed E-state index contributed by atoms with van der Waals surface area (Å²) >= 11 is 3.61. The highest BCUT2D eigenvalue weighted by Gasteiger charge is 2.31. The van der Waals surface area contributed by atoms with Gasteiger partial charge in [-0.3, -0.25) is 4.90 Å². The first-order chi connectivity index (χ1) is 9.78. The largest absolute Gasteiger partial charge is 0.496 e. The molecular formula is C16H25BrCl2N2O. The van der Waals surface area contributed by atoms with Gasteiger partial charge >= 0.3 is 0 Å². The average molecular weight is 412 g/mol.